The van der Waals surface area contributed by atoms with Gasteiger partial charge in [0.15, 0.2) is 12.3 Å². The third kappa shape index (κ3) is 36.6. The highest BCUT2D eigenvalue weighted by molar-refractivity contribution is 8.93. The molecule has 6 nitrogen and oxygen atoms in total. The monoisotopic (exact) mass is 772 g/mol. The molecule has 0 aromatic carbocycles. The molecule has 0 aromatic heterocycles. The first-order valence-corrected chi connectivity index (χ1v) is 20.8. The molecule has 7 heteroatoms. The molecule has 2 unspecified atom stereocenters. The summed E-state index contributed by atoms with van der Waals surface area (Å²) in [6.45, 7) is 9.98. The van der Waals surface area contributed by atoms with E-state index in [1.54, 1.807) is 0 Å². The Morgan fingerprint density at radius 3 is 1.20 bits per heavy atom. The first-order valence-electron chi connectivity index (χ1n) is 20.8. The van der Waals surface area contributed by atoms with Crippen molar-refractivity contribution in [2.75, 3.05) is 6.61 Å². The number of allylic oxidation sites excluding steroid dienone is 4. The van der Waals surface area contributed by atoms with Crippen molar-refractivity contribution in [2.45, 2.75) is 232 Å². The van der Waals surface area contributed by atoms with Crippen molar-refractivity contribution in [1.29, 1.82) is 0 Å². The molecule has 50 heavy (non-hydrogen) atoms. The van der Waals surface area contributed by atoms with Gasteiger partial charge in [0.1, 0.15) is 0 Å². The van der Waals surface area contributed by atoms with E-state index in [-0.39, 0.29) is 28.9 Å². The number of carbonyl (C=O) groups excluding carboxylic acids is 2. The minimum absolute atomic E-state index is 0. The second-order valence-corrected chi connectivity index (χ2v) is 15.2. The number of ether oxygens (including phenoxy) is 2. The fraction of sp³-hybridized carbons (Fsp3) is 0.860. The molecule has 0 saturated heterocycles. The van der Waals surface area contributed by atoms with Crippen molar-refractivity contribution < 1.29 is 24.2 Å². The Kier molecular flexibility index (Phi) is 38.3. The number of aliphatic hydroxyl groups excluding tert-OH is 1. The van der Waals surface area contributed by atoms with Gasteiger partial charge < -0.3 is 14.6 Å². The third-order valence-electron chi connectivity index (χ3n) is 8.92. The molecule has 0 aliphatic carbocycles. The average Bonchev–Trinajstić information content (AvgIpc) is 3.06. The van der Waals surface area contributed by atoms with Crippen molar-refractivity contribution in [2.24, 2.45) is 0 Å². The second kappa shape index (κ2) is 37.6. The van der Waals surface area contributed by atoms with E-state index in [2.05, 4.69) is 43.5 Å². The predicted octanol–water partition coefficient (Wildman–Crippen LogP) is 12.8. The summed E-state index contributed by atoms with van der Waals surface area (Å²) in [5.41, 5.74) is -0.392. The summed E-state index contributed by atoms with van der Waals surface area (Å²) in [5.74, 6) is -0.684. The summed E-state index contributed by atoms with van der Waals surface area (Å²) in [6, 6.07) is 0. The van der Waals surface area contributed by atoms with Gasteiger partial charge in [0.2, 0.25) is 0 Å². The van der Waals surface area contributed by atoms with Gasteiger partial charge in [-0.1, -0.05) is 141 Å². The minimum Gasteiger partial charge on any atom is -0.454 e. The molecule has 0 amide bonds. The van der Waals surface area contributed by atoms with Gasteiger partial charge in [-0.05, 0) is 85.0 Å². The van der Waals surface area contributed by atoms with Crippen molar-refractivity contribution in [3.05, 3.63) is 24.3 Å². The number of hydrogen-bond donors (Lipinski definition) is 2. The van der Waals surface area contributed by atoms with Crippen LogP contribution in [0, 0.1) is 0 Å². The molecule has 2 atom stereocenters. The smallest absolute Gasteiger partial charge is 0.307 e. The van der Waals surface area contributed by atoms with E-state index in [9.17, 15) is 14.7 Å². The number of carbonyl (C=O) groups is 2. The molecule has 0 bridgehead atoms. The topological polar surface area (TPSA) is 84.9 Å². The van der Waals surface area contributed by atoms with Gasteiger partial charge in [-0.25, -0.2) is 0 Å². The molecule has 0 radical (unpaired) electrons. The lowest BCUT2D eigenvalue weighted by Crippen LogP contribution is -2.54. The van der Waals surface area contributed by atoms with Crippen LogP contribution < -0.4 is 5.32 Å². The largest absolute Gasteiger partial charge is 0.454 e. The van der Waals surface area contributed by atoms with Crippen LogP contribution in [-0.4, -0.2) is 41.5 Å². The highest BCUT2D eigenvalue weighted by atomic mass is 79.9. The van der Waals surface area contributed by atoms with Gasteiger partial charge in [0.05, 0.1) is 6.61 Å². The van der Waals surface area contributed by atoms with E-state index >= 15 is 0 Å². The third-order valence-corrected chi connectivity index (χ3v) is 8.92. The fourth-order valence-corrected chi connectivity index (χ4v) is 5.93. The lowest BCUT2D eigenvalue weighted by Gasteiger charge is -2.32. The lowest BCUT2D eigenvalue weighted by atomic mass is 10.1. The Labute approximate surface area is 320 Å². The van der Waals surface area contributed by atoms with Crippen molar-refractivity contribution in [1.82, 2.24) is 5.32 Å². The van der Waals surface area contributed by atoms with Gasteiger partial charge >= 0.3 is 11.9 Å². The van der Waals surface area contributed by atoms with Crippen LogP contribution in [0.3, 0.4) is 0 Å². The van der Waals surface area contributed by atoms with E-state index in [4.69, 9.17) is 9.47 Å². The molecule has 2 N–H and O–H groups in total. The maximum absolute atomic E-state index is 12.7. The fourth-order valence-electron chi connectivity index (χ4n) is 5.93. The number of hydrogen-bond acceptors (Lipinski definition) is 6. The van der Waals surface area contributed by atoms with Crippen LogP contribution in [0.1, 0.15) is 214 Å². The molecule has 0 heterocycles. The van der Waals surface area contributed by atoms with E-state index in [0.29, 0.717) is 12.8 Å². The lowest BCUT2D eigenvalue weighted by molar-refractivity contribution is -0.176. The Hall–Kier alpha value is -1.18. The first-order chi connectivity index (χ1) is 23.7. The van der Waals surface area contributed by atoms with E-state index < -0.39 is 24.5 Å². The number of rotatable bonds is 35. The molecule has 0 saturated carbocycles. The Morgan fingerprint density at radius 2 is 0.860 bits per heavy atom. The summed E-state index contributed by atoms with van der Waals surface area (Å²) < 4.78 is 11.3. The zero-order valence-corrected chi connectivity index (χ0v) is 35.2. The number of unbranched alkanes of at least 4 members (excludes halogenated alkanes) is 22. The van der Waals surface area contributed by atoms with Gasteiger partial charge in [-0.2, -0.15) is 0 Å². The number of esters is 2. The van der Waals surface area contributed by atoms with Crippen LogP contribution in [-0.2, 0) is 19.1 Å². The molecular formula is C43H82BrNO5. The standard InChI is InChI=1S/C43H81NO5.BrH/c1-6-8-10-12-14-16-18-20-22-24-26-28-30-32-34-36-40(46)48-39(38-45)42(44-43(3,4)5)49-41(47)37-35-33-31-29-27-25-23-21-19-17-15-13-11-9-7-2;/h20-23,39,42,44-45H,6-19,24-38H2,1-5H3;1H. The zero-order valence-electron chi connectivity index (χ0n) is 33.5. The number of nitrogens with one attached hydrogen (secondary N) is 1. The van der Waals surface area contributed by atoms with Crippen LogP contribution in [0.4, 0.5) is 0 Å². The highest BCUT2D eigenvalue weighted by Gasteiger charge is 2.31. The van der Waals surface area contributed by atoms with E-state index in [1.165, 1.54) is 116 Å². The van der Waals surface area contributed by atoms with Crippen LogP contribution in [0.5, 0.6) is 0 Å². The maximum Gasteiger partial charge on any atom is 0.307 e. The van der Waals surface area contributed by atoms with Gasteiger partial charge in [-0.15, -0.1) is 17.0 Å². The quantitative estimate of drug-likeness (QED) is 0.0289. The van der Waals surface area contributed by atoms with Crippen molar-refractivity contribution >= 4 is 28.9 Å². The predicted molar refractivity (Wildman–Crippen MR) is 219 cm³/mol. The first kappa shape index (κ1) is 50.9. The molecule has 0 aliphatic heterocycles. The van der Waals surface area contributed by atoms with Crippen LogP contribution in [0.25, 0.3) is 0 Å². The normalized spacial score (nSPS) is 13.1. The number of aliphatic hydroxyl groups is 1. The van der Waals surface area contributed by atoms with Crippen molar-refractivity contribution in [3.63, 3.8) is 0 Å². The van der Waals surface area contributed by atoms with E-state index in [0.717, 1.165) is 51.4 Å². The SMILES string of the molecule is Br.CCCCCCCCC=CCCCCCCCC(=O)OC(CO)C(NC(C)(C)C)OC(=O)CCCCCCCC=CCCCCCCCC. The molecule has 0 rings (SSSR count). The van der Waals surface area contributed by atoms with Crippen molar-refractivity contribution in [3.8, 4) is 0 Å². The highest BCUT2D eigenvalue weighted by Crippen LogP contribution is 2.15. The molecular weight excluding hydrogens is 690 g/mol. The van der Waals surface area contributed by atoms with E-state index in [1.807, 2.05) is 20.8 Å². The molecule has 296 valence electrons. The molecule has 0 spiro atoms. The average molecular weight is 773 g/mol. The van der Waals surface area contributed by atoms with Crippen LogP contribution in [0.2, 0.25) is 0 Å². The van der Waals surface area contributed by atoms with Crippen LogP contribution in [0.15, 0.2) is 24.3 Å². The minimum atomic E-state index is -0.937. The summed E-state index contributed by atoms with van der Waals surface area (Å²) in [6.07, 6.45) is 39.4. The Balaban J connectivity index is 0. The summed E-state index contributed by atoms with van der Waals surface area (Å²) >= 11 is 0. The second-order valence-electron chi connectivity index (χ2n) is 15.2. The van der Waals surface area contributed by atoms with Gasteiger partial charge in [0, 0.05) is 18.4 Å². The van der Waals surface area contributed by atoms with Gasteiger partial charge in [0.25, 0.3) is 0 Å². The Bertz CT molecular complexity index is 810. The molecule has 0 aromatic rings. The zero-order chi connectivity index (χ0) is 36.3. The van der Waals surface area contributed by atoms with Crippen LogP contribution >= 0.6 is 17.0 Å². The summed E-state index contributed by atoms with van der Waals surface area (Å²) in [5, 5.41) is 13.3. The Morgan fingerprint density at radius 1 is 0.540 bits per heavy atom. The summed E-state index contributed by atoms with van der Waals surface area (Å²) in [7, 11) is 0. The number of halogens is 1. The van der Waals surface area contributed by atoms with Gasteiger partial charge in [-0.3, -0.25) is 14.9 Å². The maximum atomic E-state index is 12.7. The summed E-state index contributed by atoms with van der Waals surface area (Å²) in [4.78, 5) is 25.3. The molecule has 0 fully saturated rings. The molecule has 0 aliphatic rings.